The number of benzene rings is 8. The van der Waals surface area contributed by atoms with E-state index in [4.69, 9.17) is 14.7 Å². The first-order valence-corrected chi connectivity index (χ1v) is 19.4. The fourth-order valence-electron chi connectivity index (χ4n) is 8.90. The van der Waals surface area contributed by atoms with Crippen LogP contribution in [0.15, 0.2) is 200 Å². The van der Waals surface area contributed by atoms with Gasteiger partial charge in [-0.25, -0.2) is 9.97 Å². The monoisotopic (exact) mass is 739 g/mol. The Kier molecular flexibility index (Phi) is 7.74. The first-order valence-electron chi connectivity index (χ1n) is 19.4. The topological polar surface area (TPSA) is 58.8 Å². The van der Waals surface area contributed by atoms with Crippen LogP contribution in [0.4, 0.5) is 0 Å². The third kappa shape index (κ3) is 5.29. The van der Waals surface area contributed by atoms with Gasteiger partial charge in [0.1, 0.15) is 11.5 Å². The molecule has 0 bridgehead atoms. The molecule has 0 fully saturated rings. The number of rotatable bonds is 5. The van der Waals surface area contributed by atoms with Crippen molar-refractivity contribution >= 4 is 0 Å². The van der Waals surface area contributed by atoms with Crippen molar-refractivity contribution in [1.82, 2.24) is 9.97 Å². The predicted octanol–water partition coefficient (Wildman–Crippen LogP) is 13.2. The molecular weight excluding hydrogens is 707 g/mol. The highest BCUT2D eigenvalue weighted by Crippen LogP contribution is 2.62. The normalized spacial score (nSPS) is 14.4. The Hall–Kier alpha value is -7.87. The second-order valence-corrected chi connectivity index (χ2v) is 14.8. The van der Waals surface area contributed by atoms with Crippen LogP contribution in [-0.4, -0.2) is 9.97 Å². The van der Waals surface area contributed by atoms with Crippen molar-refractivity contribution in [3.8, 4) is 84.9 Å². The first-order chi connectivity index (χ1) is 28.7. The molecule has 2 aliphatic rings. The molecule has 2 heterocycles. The third-order valence-electron chi connectivity index (χ3n) is 11.6. The van der Waals surface area contributed by atoms with Gasteiger partial charge < -0.3 is 4.74 Å². The number of hydrogen-bond acceptors (Lipinski definition) is 4. The van der Waals surface area contributed by atoms with Crippen LogP contribution >= 0.6 is 0 Å². The number of para-hydroxylation sites is 1. The predicted molar refractivity (Wildman–Crippen MR) is 231 cm³/mol. The quantitative estimate of drug-likeness (QED) is 0.176. The van der Waals surface area contributed by atoms with E-state index in [0.717, 1.165) is 73.0 Å². The van der Waals surface area contributed by atoms with Gasteiger partial charge >= 0.3 is 0 Å². The molecule has 1 aromatic heterocycles. The van der Waals surface area contributed by atoms with Crippen LogP contribution in [0.1, 0.15) is 27.8 Å². The van der Waals surface area contributed by atoms with Gasteiger partial charge in [0.05, 0.1) is 28.4 Å². The van der Waals surface area contributed by atoms with E-state index in [1.54, 1.807) is 0 Å². The van der Waals surface area contributed by atoms with Crippen molar-refractivity contribution in [2.75, 3.05) is 0 Å². The van der Waals surface area contributed by atoms with Gasteiger partial charge in [0, 0.05) is 27.8 Å². The molecule has 1 atom stereocenters. The fourth-order valence-corrected chi connectivity index (χ4v) is 8.90. The lowest BCUT2D eigenvalue weighted by Crippen LogP contribution is -2.32. The van der Waals surface area contributed by atoms with E-state index < -0.39 is 5.41 Å². The fraction of sp³-hybridized carbons (Fsp3) is 0.0185. The Labute approximate surface area is 337 Å². The van der Waals surface area contributed by atoms with Crippen LogP contribution < -0.4 is 4.74 Å². The lowest BCUT2D eigenvalue weighted by molar-refractivity contribution is 0.436. The van der Waals surface area contributed by atoms with Crippen molar-refractivity contribution in [2.24, 2.45) is 0 Å². The van der Waals surface area contributed by atoms with E-state index in [0.29, 0.717) is 11.4 Å². The minimum atomic E-state index is -0.628. The van der Waals surface area contributed by atoms with Gasteiger partial charge in [0.2, 0.25) is 0 Å². The summed E-state index contributed by atoms with van der Waals surface area (Å²) in [5.74, 6) is 2.39. The summed E-state index contributed by atoms with van der Waals surface area (Å²) in [6, 6.07) is 72.0. The molecule has 4 nitrogen and oxygen atoms in total. The highest BCUT2D eigenvalue weighted by molar-refractivity contribution is 5.91. The summed E-state index contributed by atoms with van der Waals surface area (Å²) in [4.78, 5) is 10.1. The number of nitriles is 1. The second-order valence-electron chi connectivity index (χ2n) is 14.8. The van der Waals surface area contributed by atoms with Crippen molar-refractivity contribution in [3.63, 3.8) is 0 Å². The van der Waals surface area contributed by atoms with Crippen LogP contribution in [0.3, 0.4) is 0 Å². The van der Waals surface area contributed by atoms with E-state index in [9.17, 15) is 5.26 Å². The Morgan fingerprint density at radius 2 is 0.879 bits per heavy atom. The highest BCUT2D eigenvalue weighted by Gasteiger charge is 2.51. The zero-order chi connectivity index (χ0) is 38.6. The summed E-state index contributed by atoms with van der Waals surface area (Å²) >= 11 is 0. The van der Waals surface area contributed by atoms with Crippen LogP contribution in [0.2, 0.25) is 0 Å². The first kappa shape index (κ1) is 33.5. The van der Waals surface area contributed by atoms with Crippen molar-refractivity contribution in [2.45, 2.75) is 5.41 Å². The van der Waals surface area contributed by atoms with Crippen LogP contribution in [0, 0.1) is 11.3 Å². The average Bonchev–Trinajstić information content (AvgIpc) is 3.59. The van der Waals surface area contributed by atoms with Crippen LogP contribution in [-0.2, 0) is 5.41 Å². The molecule has 11 rings (SSSR count). The minimum Gasteiger partial charge on any atom is -0.457 e. The Morgan fingerprint density at radius 1 is 0.379 bits per heavy atom. The molecular formula is C54H33N3O. The van der Waals surface area contributed by atoms with Crippen LogP contribution in [0.25, 0.3) is 67.3 Å². The maximum Gasteiger partial charge on any atom is 0.160 e. The van der Waals surface area contributed by atoms with Gasteiger partial charge in [-0.3, -0.25) is 0 Å². The van der Waals surface area contributed by atoms with Gasteiger partial charge in [-0.05, 0) is 87.0 Å². The van der Waals surface area contributed by atoms with Gasteiger partial charge in [0.25, 0.3) is 0 Å². The Bertz CT molecular complexity index is 3020. The summed E-state index contributed by atoms with van der Waals surface area (Å²) in [5.41, 5.74) is 16.3. The molecule has 0 amide bonds. The lowest BCUT2D eigenvalue weighted by Gasteiger charge is -2.39. The highest BCUT2D eigenvalue weighted by atomic mass is 16.5. The summed E-state index contributed by atoms with van der Waals surface area (Å²) < 4.78 is 6.71. The maximum atomic E-state index is 9.47. The van der Waals surface area contributed by atoms with Gasteiger partial charge in [0.15, 0.2) is 5.82 Å². The second kappa shape index (κ2) is 13.4. The van der Waals surface area contributed by atoms with E-state index in [1.807, 2.05) is 66.7 Å². The van der Waals surface area contributed by atoms with E-state index >= 15 is 0 Å². The zero-order valence-corrected chi connectivity index (χ0v) is 31.3. The van der Waals surface area contributed by atoms with Crippen molar-refractivity contribution < 1.29 is 4.74 Å². The smallest absolute Gasteiger partial charge is 0.160 e. The zero-order valence-electron chi connectivity index (χ0n) is 31.3. The molecule has 0 saturated heterocycles. The van der Waals surface area contributed by atoms with Gasteiger partial charge in [-0.1, -0.05) is 158 Å². The molecule has 8 aromatic carbocycles. The SMILES string of the molecule is N#Cc1ccc(-c2ccc3c(c2)C2(c4ccccc4O3)c3ccccc3-c3ccc(-c4ccc(-c5cc(-c6ccccc6)nc(-c6ccccc6)n5)cc4)cc32)cc1. The molecule has 1 aliphatic heterocycles. The number of aromatic nitrogens is 2. The van der Waals surface area contributed by atoms with Gasteiger partial charge in [-0.2, -0.15) is 5.26 Å². The molecule has 0 N–H and O–H groups in total. The molecule has 0 saturated carbocycles. The molecule has 0 radical (unpaired) electrons. The van der Waals surface area contributed by atoms with E-state index in [1.165, 1.54) is 22.3 Å². The molecule has 270 valence electrons. The number of fused-ring (bicyclic) bond motifs is 9. The molecule has 4 heteroatoms. The Balaban J connectivity index is 1.06. The lowest BCUT2D eigenvalue weighted by atomic mass is 9.65. The van der Waals surface area contributed by atoms with Crippen molar-refractivity contribution in [1.29, 1.82) is 5.26 Å². The molecule has 58 heavy (non-hydrogen) atoms. The molecule has 9 aromatic rings. The van der Waals surface area contributed by atoms with Crippen LogP contribution in [0.5, 0.6) is 11.5 Å². The number of ether oxygens (including phenoxy) is 1. The standard InChI is InChI=1S/C54H33N3O/c55-34-35-19-21-36(22-20-35)42-28-30-52-48(32-42)54(46-17-9-10-18-51(46)58-52)45-16-8-7-15-43(45)44-29-27-41(31-47(44)54)37-23-25-39(26-24-37)50-33-49(38-11-3-1-4-12-38)56-53(57-50)40-13-5-2-6-14-40/h1-33H. The summed E-state index contributed by atoms with van der Waals surface area (Å²) in [6.07, 6.45) is 0. The summed E-state index contributed by atoms with van der Waals surface area (Å²) in [6.45, 7) is 0. The largest absolute Gasteiger partial charge is 0.457 e. The molecule has 1 spiro atoms. The third-order valence-corrected chi connectivity index (χ3v) is 11.6. The summed E-state index contributed by atoms with van der Waals surface area (Å²) in [7, 11) is 0. The van der Waals surface area contributed by atoms with Gasteiger partial charge in [-0.15, -0.1) is 0 Å². The van der Waals surface area contributed by atoms with Crippen molar-refractivity contribution in [3.05, 3.63) is 228 Å². The van der Waals surface area contributed by atoms with E-state index in [2.05, 4.69) is 140 Å². The van der Waals surface area contributed by atoms with E-state index in [-0.39, 0.29) is 0 Å². The number of nitrogens with zero attached hydrogens (tertiary/aromatic N) is 3. The molecule has 1 aliphatic carbocycles. The molecule has 1 unspecified atom stereocenters. The number of hydrogen-bond donors (Lipinski definition) is 0. The summed E-state index contributed by atoms with van der Waals surface area (Å²) in [5, 5.41) is 9.47. The average molecular weight is 740 g/mol. The minimum absolute atomic E-state index is 0.628. The maximum absolute atomic E-state index is 9.47. The Morgan fingerprint density at radius 3 is 1.59 bits per heavy atom.